The van der Waals surface area contributed by atoms with Gasteiger partial charge in [-0.15, -0.1) is 13.2 Å². The van der Waals surface area contributed by atoms with Crippen molar-refractivity contribution in [2.45, 2.75) is 31.8 Å². The topological polar surface area (TPSA) is 58.6 Å². The standard InChI is InChI=1S/C22H21F3N2O3/c1-26-21(29)17-8-6-15(7-9-17)14-27(18-11-12-18)20(28)13-10-16-4-2-3-5-19(16)30-22(23,24)25/h2-10,13,18H,11-12,14H2,1H3,(H,26,29)/b13-10+. The third kappa shape index (κ3) is 5.85. The number of carbonyl (C=O) groups excluding carboxylic acids is 2. The van der Waals surface area contributed by atoms with E-state index in [1.165, 1.54) is 30.4 Å². The number of benzene rings is 2. The Morgan fingerprint density at radius 3 is 2.40 bits per heavy atom. The summed E-state index contributed by atoms with van der Waals surface area (Å²) in [6.07, 6.45) is -0.467. The minimum absolute atomic E-state index is 0.0995. The van der Waals surface area contributed by atoms with Crippen LogP contribution in [0.5, 0.6) is 5.75 Å². The Morgan fingerprint density at radius 1 is 1.13 bits per heavy atom. The average Bonchev–Trinajstić information content (AvgIpc) is 3.55. The average molecular weight is 418 g/mol. The van der Waals surface area contributed by atoms with Gasteiger partial charge in [0.1, 0.15) is 5.75 Å². The molecule has 1 fully saturated rings. The van der Waals surface area contributed by atoms with Crippen LogP contribution in [0.4, 0.5) is 13.2 Å². The second kappa shape index (κ2) is 9.02. The lowest BCUT2D eigenvalue weighted by atomic mass is 10.1. The minimum atomic E-state index is -4.81. The van der Waals surface area contributed by atoms with Crippen LogP contribution in [0.2, 0.25) is 0 Å². The number of nitrogens with one attached hydrogen (secondary N) is 1. The molecular formula is C22H21F3N2O3. The van der Waals surface area contributed by atoms with Gasteiger partial charge in [-0.1, -0.05) is 30.3 Å². The first-order valence-electron chi connectivity index (χ1n) is 9.41. The molecule has 0 bridgehead atoms. The highest BCUT2D eigenvalue weighted by Gasteiger charge is 2.33. The van der Waals surface area contributed by atoms with E-state index in [1.807, 2.05) is 0 Å². The van der Waals surface area contributed by atoms with Gasteiger partial charge in [0.15, 0.2) is 0 Å². The molecule has 0 aromatic heterocycles. The van der Waals surface area contributed by atoms with E-state index in [-0.39, 0.29) is 29.2 Å². The third-order valence-corrected chi connectivity index (χ3v) is 4.62. The summed E-state index contributed by atoms with van der Waals surface area (Å²) >= 11 is 0. The largest absolute Gasteiger partial charge is 0.573 e. The summed E-state index contributed by atoms with van der Waals surface area (Å²) < 4.78 is 41.7. The van der Waals surface area contributed by atoms with Gasteiger partial charge >= 0.3 is 6.36 Å². The molecule has 0 saturated heterocycles. The van der Waals surface area contributed by atoms with Gasteiger partial charge in [0.05, 0.1) is 0 Å². The van der Waals surface area contributed by atoms with E-state index in [1.54, 1.807) is 42.3 Å². The fourth-order valence-electron chi connectivity index (χ4n) is 2.97. The summed E-state index contributed by atoms with van der Waals surface area (Å²) in [5.41, 5.74) is 1.54. The number of nitrogens with zero attached hydrogens (tertiary/aromatic N) is 1. The molecule has 0 spiro atoms. The van der Waals surface area contributed by atoms with E-state index in [2.05, 4.69) is 10.1 Å². The van der Waals surface area contributed by atoms with Gasteiger partial charge < -0.3 is 15.0 Å². The number of hydrogen-bond donors (Lipinski definition) is 1. The van der Waals surface area contributed by atoms with Crippen LogP contribution < -0.4 is 10.1 Å². The predicted octanol–water partition coefficient (Wildman–Crippen LogP) is 4.15. The number of carbonyl (C=O) groups is 2. The number of alkyl halides is 3. The molecule has 1 aliphatic rings. The van der Waals surface area contributed by atoms with Gasteiger partial charge in [0.25, 0.3) is 5.91 Å². The molecule has 1 N–H and O–H groups in total. The van der Waals surface area contributed by atoms with Crippen LogP contribution in [0.15, 0.2) is 54.6 Å². The Morgan fingerprint density at radius 2 is 1.80 bits per heavy atom. The highest BCUT2D eigenvalue weighted by molar-refractivity contribution is 5.94. The first kappa shape index (κ1) is 21.4. The van der Waals surface area contributed by atoms with Crippen LogP contribution >= 0.6 is 0 Å². The molecular weight excluding hydrogens is 397 g/mol. The van der Waals surface area contributed by atoms with E-state index in [0.717, 1.165) is 18.4 Å². The summed E-state index contributed by atoms with van der Waals surface area (Å²) in [5, 5.41) is 2.55. The maximum atomic E-state index is 12.7. The van der Waals surface area contributed by atoms with Gasteiger partial charge in [0, 0.05) is 36.8 Å². The minimum Gasteiger partial charge on any atom is -0.405 e. The van der Waals surface area contributed by atoms with Crippen LogP contribution in [-0.4, -0.2) is 36.2 Å². The summed E-state index contributed by atoms with van der Waals surface area (Å²) in [7, 11) is 1.55. The Balaban J connectivity index is 1.72. The first-order valence-corrected chi connectivity index (χ1v) is 9.41. The number of hydrogen-bond acceptors (Lipinski definition) is 3. The molecule has 1 saturated carbocycles. The van der Waals surface area contributed by atoms with E-state index in [4.69, 9.17) is 0 Å². The summed E-state index contributed by atoms with van der Waals surface area (Å²) in [4.78, 5) is 26.1. The van der Waals surface area contributed by atoms with Gasteiger partial charge in [-0.25, -0.2) is 0 Å². The van der Waals surface area contributed by atoms with Crippen LogP contribution in [-0.2, 0) is 11.3 Å². The highest BCUT2D eigenvalue weighted by atomic mass is 19.4. The molecule has 1 aliphatic carbocycles. The summed E-state index contributed by atoms with van der Waals surface area (Å²) in [5.74, 6) is -0.856. The molecule has 8 heteroatoms. The van der Waals surface area contributed by atoms with Crippen LogP contribution in [0.25, 0.3) is 6.08 Å². The molecule has 0 atom stereocenters. The Labute approximate surface area is 172 Å². The van der Waals surface area contributed by atoms with Crippen molar-refractivity contribution in [3.63, 3.8) is 0 Å². The first-order chi connectivity index (χ1) is 14.3. The second-order valence-electron chi connectivity index (χ2n) is 6.89. The highest BCUT2D eigenvalue weighted by Crippen LogP contribution is 2.30. The van der Waals surface area contributed by atoms with Crippen molar-refractivity contribution < 1.29 is 27.5 Å². The molecule has 2 aromatic rings. The van der Waals surface area contributed by atoms with E-state index in [9.17, 15) is 22.8 Å². The van der Waals surface area contributed by atoms with Crippen molar-refractivity contribution in [3.8, 4) is 5.75 Å². The number of amides is 2. The Kier molecular flexibility index (Phi) is 6.44. The van der Waals surface area contributed by atoms with E-state index in [0.29, 0.717) is 12.1 Å². The van der Waals surface area contributed by atoms with Crippen LogP contribution in [0, 0.1) is 0 Å². The normalized spacial score (nSPS) is 13.9. The van der Waals surface area contributed by atoms with Gasteiger partial charge in [-0.05, 0) is 42.7 Å². The molecule has 30 heavy (non-hydrogen) atoms. The zero-order valence-corrected chi connectivity index (χ0v) is 16.3. The zero-order chi connectivity index (χ0) is 21.7. The van der Waals surface area contributed by atoms with Crippen molar-refractivity contribution in [2.24, 2.45) is 0 Å². The molecule has 0 heterocycles. The zero-order valence-electron chi connectivity index (χ0n) is 16.3. The second-order valence-corrected chi connectivity index (χ2v) is 6.89. The van der Waals surface area contributed by atoms with Gasteiger partial charge in [-0.3, -0.25) is 9.59 Å². The molecule has 3 rings (SSSR count). The third-order valence-electron chi connectivity index (χ3n) is 4.62. The van der Waals surface area contributed by atoms with Crippen LogP contribution in [0.1, 0.15) is 34.3 Å². The molecule has 5 nitrogen and oxygen atoms in total. The molecule has 2 amide bonds. The molecule has 0 aliphatic heterocycles. The number of rotatable bonds is 7. The molecule has 158 valence electrons. The Bertz CT molecular complexity index is 935. The fraction of sp³-hybridized carbons (Fsp3) is 0.273. The maximum Gasteiger partial charge on any atom is 0.573 e. The van der Waals surface area contributed by atoms with Crippen molar-refractivity contribution in [3.05, 3.63) is 71.3 Å². The fourth-order valence-corrected chi connectivity index (χ4v) is 2.97. The maximum absolute atomic E-state index is 12.7. The lowest BCUT2D eigenvalue weighted by molar-refractivity contribution is -0.274. The van der Waals surface area contributed by atoms with Crippen molar-refractivity contribution in [2.75, 3.05) is 7.05 Å². The number of ether oxygens (including phenoxy) is 1. The summed E-state index contributed by atoms with van der Waals surface area (Å²) in [6.45, 7) is 0.350. The predicted molar refractivity (Wildman–Crippen MR) is 106 cm³/mol. The smallest absolute Gasteiger partial charge is 0.405 e. The van der Waals surface area contributed by atoms with Gasteiger partial charge in [-0.2, -0.15) is 0 Å². The van der Waals surface area contributed by atoms with Crippen molar-refractivity contribution >= 4 is 17.9 Å². The monoisotopic (exact) mass is 418 g/mol. The number of para-hydroxylation sites is 1. The molecule has 0 unspecified atom stereocenters. The van der Waals surface area contributed by atoms with Crippen molar-refractivity contribution in [1.82, 2.24) is 10.2 Å². The molecule has 2 aromatic carbocycles. The SMILES string of the molecule is CNC(=O)c1ccc(CN(C(=O)/C=C/c2ccccc2OC(F)(F)F)C2CC2)cc1. The van der Waals surface area contributed by atoms with Gasteiger partial charge in [0.2, 0.25) is 5.91 Å². The molecule has 0 radical (unpaired) electrons. The lowest BCUT2D eigenvalue weighted by Crippen LogP contribution is -2.31. The lowest BCUT2D eigenvalue weighted by Gasteiger charge is -2.21. The Hall–Kier alpha value is -3.29. The van der Waals surface area contributed by atoms with E-state index >= 15 is 0 Å². The summed E-state index contributed by atoms with van der Waals surface area (Å²) in [6, 6.07) is 12.7. The van der Waals surface area contributed by atoms with E-state index < -0.39 is 6.36 Å². The quantitative estimate of drug-likeness (QED) is 0.688. The van der Waals surface area contributed by atoms with Crippen LogP contribution in [0.3, 0.4) is 0 Å². The number of halogens is 3. The van der Waals surface area contributed by atoms with Crippen molar-refractivity contribution in [1.29, 1.82) is 0 Å².